The first-order chi connectivity index (χ1) is 9.17. The van der Waals surface area contributed by atoms with Gasteiger partial charge >= 0.3 is 0 Å². The Bertz CT molecular complexity index is 374. The van der Waals surface area contributed by atoms with Gasteiger partial charge in [0.15, 0.2) is 0 Å². The number of methoxy groups -OCH3 is 2. The summed E-state index contributed by atoms with van der Waals surface area (Å²) in [5, 5.41) is 3.22. The van der Waals surface area contributed by atoms with Crippen LogP contribution in [-0.4, -0.2) is 52.4 Å². The van der Waals surface area contributed by atoms with Gasteiger partial charge in [-0.3, -0.25) is 0 Å². The molecule has 0 aliphatic rings. The van der Waals surface area contributed by atoms with Crippen LogP contribution >= 0.6 is 0 Å². The smallest absolute Gasteiger partial charge is 0.131 e. The Kier molecular flexibility index (Phi) is 7.40. The second kappa shape index (κ2) is 8.85. The summed E-state index contributed by atoms with van der Waals surface area (Å²) in [4.78, 5) is 2.17. The maximum Gasteiger partial charge on any atom is 0.131 e. The van der Waals surface area contributed by atoms with E-state index in [0.717, 1.165) is 26.2 Å². The summed E-state index contributed by atoms with van der Waals surface area (Å²) in [6, 6.07) is 4.92. The number of halogens is 1. The molecule has 0 spiro atoms. The minimum Gasteiger partial charge on any atom is -0.497 e. The number of rotatable bonds is 9. The molecule has 0 atom stereocenters. The number of nitrogens with zero attached hydrogens (tertiary/aromatic N) is 1. The number of likely N-dealkylation sites (N-methyl/N-ethyl adjacent to an activating group) is 1. The van der Waals surface area contributed by atoms with Crippen LogP contribution in [0, 0.1) is 5.82 Å². The van der Waals surface area contributed by atoms with Crippen molar-refractivity contribution in [2.24, 2.45) is 0 Å². The molecule has 0 heterocycles. The first-order valence-corrected chi connectivity index (χ1v) is 6.38. The van der Waals surface area contributed by atoms with Crippen molar-refractivity contribution < 1.29 is 13.9 Å². The minimum absolute atomic E-state index is 0.236. The maximum atomic E-state index is 13.6. The maximum absolute atomic E-state index is 13.6. The highest BCUT2D eigenvalue weighted by atomic mass is 19.1. The first kappa shape index (κ1) is 15.9. The molecule has 0 radical (unpaired) electrons. The summed E-state index contributed by atoms with van der Waals surface area (Å²) in [6.07, 6.45) is 0. The molecule has 0 saturated carbocycles. The molecule has 1 aromatic rings. The Morgan fingerprint density at radius 1 is 1.26 bits per heavy atom. The fourth-order valence-electron chi connectivity index (χ4n) is 1.65. The van der Waals surface area contributed by atoms with Crippen LogP contribution in [0.4, 0.5) is 4.39 Å². The van der Waals surface area contributed by atoms with Crippen LogP contribution in [0.3, 0.4) is 0 Å². The van der Waals surface area contributed by atoms with Gasteiger partial charge in [0.25, 0.3) is 0 Å². The van der Waals surface area contributed by atoms with Crippen LogP contribution in [0.15, 0.2) is 18.2 Å². The summed E-state index contributed by atoms with van der Waals surface area (Å²) in [5.41, 5.74) is 0.653. The highest BCUT2D eigenvalue weighted by Gasteiger charge is 2.04. The summed E-state index contributed by atoms with van der Waals surface area (Å²) in [6.45, 7) is 3.86. The van der Waals surface area contributed by atoms with Crippen molar-refractivity contribution in [3.63, 3.8) is 0 Å². The lowest BCUT2D eigenvalue weighted by Gasteiger charge is -2.16. The van der Waals surface area contributed by atoms with E-state index in [9.17, 15) is 4.39 Å². The number of nitrogens with one attached hydrogen (secondary N) is 1. The van der Waals surface area contributed by atoms with Gasteiger partial charge in [-0.25, -0.2) is 4.39 Å². The Labute approximate surface area is 114 Å². The zero-order chi connectivity index (χ0) is 14.1. The molecule has 0 saturated heterocycles. The molecular formula is C14H23FN2O2. The largest absolute Gasteiger partial charge is 0.497 e. The molecule has 4 nitrogen and oxygen atoms in total. The van der Waals surface area contributed by atoms with Crippen LogP contribution in [0.2, 0.25) is 0 Å². The van der Waals surface area contributed by atoms with Crippen molar-refractivity contribution in [2.45, 2.75) is 6.54 Å². The molecule has 1 N–H and O–H groups in total. The predicted octanol–water partition coefficient (Wildman–Crippen LogP) is 1.50. The van der Waals surface area contributed by atoms with Gasteiger partial charge < -0.3 is 19.7 Å². The molecule has 0 aliphatic carbocycles. The summed E-state index contributed by atoms with van der Waals surface area (Å²) < 4.78 is 23.6. The van der Waals surface area contributed by atoms with Crippen molar-refractivity contribution in [3.05, 3.63) is 29.6 Å². The van der Waals surface area contributed by atoms with Gasteiger partial charge in [-0.1, -0.05) is 6.07 Å². The quantitative estimate of drug-likeness (QED) is 0.690. The second-order valence-electron chi connectivity index (χ2n) is 4.43. The average molecular weight is 270 g/mol. The van der Waals surface area contributed by atoms with Gasteiger partial charge in [0.2, 0.25) is 0 Å². The van der Waals surface area contributed by atoms with Crippen LogP contribution in [0.1, 0.15) is 5.56 Å². The molecule has 19 heavy (non-hydrogen) atoms. The fraction of sp³-hybridized carbons (Fsp3) is 0.571. The average Bonchev–Trinajstić information content (AvgIpc) is 2.42. The molecule has 0 aromatic heterocycles. The van der Waals surface area contributed by atoms with E-state index in [2.05, 4.69) is 10.2 Å². The summed E-state index contributed by atoms with van der Waals surface area (Å²) >= 11 is 0. The number of benzene rings is 1. The van der Waals surface area contributed by atoms with E-state index in [1.165, 1.54) is 13.2 Å². The van der Waals surface area contributed by atoms with Crippen molar-refractivity contribution >= 4 is 0 Å². The van der Waals surface area contributed by atoms with E-state index in [0.29, 0.717) is 17.9 Å². The van der Waals surface area contributed by atoms with Crippen LogP contribution in [0.5, 0.6) is 5.75 Å². The molecule has 0 bridgehead atoms. The van der Waals surface area contributed by atoms with E-state index < -0.39 is 0 Å². The molecule has 0 amide bonds. The molecule has 1 rings (SSSR count). The number of ether oxygens (including phenoxy) is 2. The Hall–Kier alpha value is -1.17. The third kappa shape index (κ3) is 6.00. The topological polar surface area (TPSA) is 33.7 Å². The van der Waals surface area contributed by atoms with E-state index >= 15 is 0 Å². The monoisotopic (exact) mass is 270 g/mol. The molecular weight excluding hydrogens is 247 g/mol. The van der Waals surface area contributed by atoms with Gasteiger partial charge in [0.1, 0.15) is 11.6 Å². The van der Waals surface area contributed by atoms with Gasteiger partial charge in [0.05, 0.1) is 13.7 Å². The standard InChI is InChI=1S/C14H23FN2O2/c1-17(8-9-18-2)7-6-16-11-12-4-5-13(19-3)10-14(12)15/h4-5,10,16H,6-9,11H2,1-3H3. The van der Waals surface area contributed by atoms with E-state index in [1.807, 2.05) is 7.05 Å². The van der Waals surface area contributed by atoms with Gasteiger partial charge in [0, 0.05) is 44.9 Å². The zero-order valence-electron chi connectivity index (χ0n) is 11.9. The third-order valence-corrected chi connectivity index (χ3v) is 2.92. The van der Waals surface area contributed by atoms with Crippen LogP contribution < -0.4 is 10.1 Å². The third-order valence-electron chi connectivity index (χ3n) is 2.92. The van der Waals surface area contributed by atoms with Gasteiger partial charge in [-0.05, 0) is 13.1 Å². The van der Waals surface area contributed by atoms with E-state index in [-0.39, 0.29) is 5.82 Å². The zero-order valence-corrected chi connectivity index (χ0v) is 11.9. The van der Waals surface area contributed by atoms with E-state index in [4.69, 9.17) is 9.47 Å². The lowest BCUT2D eigenvalue weighted by molar-refractivity contribution is 0.161. The van der Waals surface area contributed by atoms with Gasteiger partial charge in [-0.2, -0.15) is 0 Å². The molecule has 0 unspecified atom stereocenters. The van der Waals surface area contributed by atoms with Crippen LogP contribution in [-0.2, 0) is 11.3 Å². The minimum atomic E-state index is -0.236. The molecule has 0 fully saturated rings. The molecule has 1 aromatic carbocycles. The summed E-state index contributed by atoms with van der Waals surface area (Å²) in [7, 11) is 5.26. The first-order valence-electron chi connectivity index (χ1n) is 6.38. The molecule has 0 aliphatic heterocycles. The highest BCUT2D eigenvalue weighted by Crippen LogP contribution is 2.15. The second-order valence-corrected chi connectivity index (χ2v) is 4.43. The number of hydrogen-bond acceptors (Lipinski definition) is 4. The normalized spacial score (nSPS) is 11.0. The van der Waals surface area contributed by atoms with Gasteiger partial charge in [-0.15, -0.1) is 0 Å². The van der Waals surface area contributed by atoms with E-state index in [1.54, 1.807) is 19.2 Å². The van der Waals surface area contributed by atoms with Crippen molar-refractivity contribution in [3.8, 4) is 5.75 Å². The predicted molar refractivity (Wildman–Crippen MR) is 74.0 cm³/mol. The van der Waals surface area contributed by atoms with Crippen LogP contribution in [0.25, 0.3) is 0 Å². The highest BCUT2D eigenvalue weighted by molar-refractivity contribution is 5.28. The SMILES string of the molecule is COCCN(C)CCNCc1ccc(OC)cc1F. The lowest BCUT2D eigenvalue weighted by Crippen LogP contribution is -2.31. The number of hydrogen-bond donors (Lipinski definition) is 1. The fourth-order valence-corrected chi connectivity index (χ4v) is 1.65. The summed E-state index contributed by atoms with van der Waals surface area (Å²) in [5.74, 6) is 0.306. The van der Waals surface area contributed by atoms with Crippen molar-refractivity contribution in [1.82, 2.24) is 10.2 Å². The Balaban J connectivity index is 2.25. The molecule has 108 valence electrons. The van der Waals surface area contributed by atoms with Crippen molar-refractivity contribution in [1.29, 1.82) is 0 Å². The Morgan fingerprint density at radius 3 is 2.68 bits per heavy atom. The van der Waals surface area contributed by atoms with Crippen molar-refractivity contribution in [2.75, 3.05) is 47.5 Å². The molecule has 5 heteroatoms. The Morgan fingerprint density at radius 2 is 2.05 bits per heavy atom. The lowest BCUT2D eigenvalue weighted by atomic mass is 10.2.